The molecule has 0 aliphatic carbocycles. The number of furan rings is 1. The van der Waals surface area contributed by atoms with Gasteiger partial charge in [-0.05, 0) is 48.0 Å². The minimum atomic E-state index is -0.256. The number of carbonyl (C=O) groups is 1. The number of nitrogens with zero attached hydrogens (tertiary/aromatic N) is 2. The molecule has 5 nitrogen and oxygen atoms in total. The van der Waals surface area contributed by atoms with Gasteiger partial charge in [0.2, 0.25) is 0 Å². The molecule has 0 radical (unpaired) electrons. The molecule has 1 aromatic carbocycles. The number of hydrogen-bond donors (Lipinski definition) is 1. The lowest BCUT2D eigenvalue weighted by atomic mass is 10.2. The number of nitrogens with one attached hydrogen (secondary N) is 1. The summed E-state index contributed by atoms with van der Waals surface area (Å²) in [6.45, 7) is 4.53. The second-order valence-electron chi connectivity index (χ2n) is 5.29. The van der Waals surface area contributed by atoms with Crippen LogP contribution in [0.3, 0.4) is 0 Å². The number of amides is 1. The van der Waals surface area contributed by atoms with E-state index in [1.54, 1.807) is 12.1 Å². The Morgan fingerprint density at radius 2 is 2.09 bits per heavy atom. The lowest BCUT2D eigenvalue weighted by Crippen LogP contribution is -2.22. The van der Waals surface area contributed by atoms with Crippen LogP contribution in [0.15, 0.2) is 45.5 Å². The lowest BCUT2D eigenvalue weighted by molar-refractivity contribution is 0.0921. The minimum Gasteiger partial charge on any atom is -0.444 e. The largest absolute Gasteiger partial charge is 0.444 e. The number of halogens is 1. The van der Waals surface area contributed by atoms with E-state index in [-0.39, 0.29) is 17.7 Å². The van der Waals surface area contributed by atoms with Crippen LogP contribution in [0.25, 0.3) is 10.9 Å². The third-order valence-corrected chi connectivity index (χ3v) is 3.82. The second-order valence-corrected chi connectivity index (χ2v) is 6.07. The zero-order valence-electron chi connectivity index (χ0n) is 12.3. The average molecular weight is 362 g/mol. The number of para-hydroxylation sites is 1. The average Bonchev–Trinajstić information content (AvgIpc) is 3.09. The van der Waals surface area contributed by atoms with E-state index in [2.05, 4.69) is 40.2 Å². The van der Waals surface area contributed by atoms with E-state index >= 15 is 0 Å². The van der Waals surface area contributed by atoms with E-state index in [0.29, 0.717) is 11.2 Å². The monoisotopic (exact) mass is 361 g/mol. The smallest absolute Gasteiger partial charge is 0.287 e. The highest BCUT2D eigenvalue weighted by Gasteiger charge is 2.14. The molecule has 2 heterocycles. The van der Waals surface area contributed by atoms with E-state index in [0.717, 1.165) is 16.6 Å². The van der Waals surface area contributed by atoms with Gasteiger partial charge < -0.3 is 9.73 Å². The Morgan fingerprint density at radius 3 is 2.77 bits per heavy atom. The third-order valence-electron chi connectivity index (χ3n) is 3.39. The molecule has 0 bridgehead atoms. The number of aromatic nitrogens is 2. The molecule has 0 fully saturated rings. The molecule has 0 spiro atoms. The molecule has 1 amide bonds. The summed E-state index contributed by atoms with van der Waals surface area (Å²) in [5.74, 6) is 0.0216. The Labute approximate surface area is 136 Å². The van der Waals surface area contributed by atoms with Crippen LogP contribution in [0.5, 0.6) is 0 Å². The summed E-state index contributed by atoms with van der Waals surface area (Å²) in [5, 5.41) is 8.52. The first-order chi connectivity index (χ1) is 10.6. The van der Waals surface area contributed by atoms with Crippen LogP contribution in [-0.2, 0) is 6.54 Å². The number of rotatable bonds is 4. The van der Waals surface area contributed by atoms with Gasteiger partial charge in [-0.25, -0.2) is 0 Å². The van der Waals surface area contributed by atoms with Crippen LogP contribution in [-0.4, -0.2) is 15.7 Å². The Bertz CT molecular complexity index is 820. The van der Waals surface area contributed by atoms with Crippen molar-refractivity contribution in [3.8, 4) is 0 Å². The summed E-state index contributed by atoms with van der Waals surface area (Å²) in [5.41, 5.74) is 1.92. The van der Waals surface area contributed by atoms with E-state index < -0.39 is 0 Å². The van der Waals surface area contributed by atoms with Gasteiger partial charge in [0.1, 0.15) is 0 Å². The maximum Gasteiger partial charge on any atom is 0.287 e. The molecule has 0 atom stereocenters. The van der Waals surface area contributed by atoms with Gasteiger partial charge in [-0.2, -0.15) is 5.10 Å². The SMILES string of the molecule is CC(C)n1nc(CNC(=O)c2ccc(Br)o2)c2ccccc21. The number of benzene rings is 1. The molecule has 0 saturated carbocycles. The number of hydrogen-bond acceptors (Lipinski definition) is 3. The molecule has 22 heavy (non-hydrogen) atoms. The van der Waals surface area contributed by atoms with Crippen LogP contribution >= 0.6 is 15.9 Å². The molecule has 3 rings (SSSR count). The van der Waals surface area contributed by atoms with Gasteiger partial charge in [-0.15, -0.1) is 0 Å². The molecule has 114 valence electrons. The Morgan fingerprint density at radius 1 is 1.32 bits per heavy atom. The molecule has 0 unspecified atom stereocenters. The second kappa shape index (κ2) is 5.96. The normalized spacial score (nSPS) is 11.3. The fourth-order valence-corrected chi connectivity index (χ4v) is 2.67. The molecular weight excluding hydrogens is 346 g/mol. The number of fused-ring (bicyclic) bond motifs is 1. The first kappa shape index (κ1) is 14.8. The molecule has 0 aliphatic heterocycles. The lowest BCUT2D eigenvalue weighted by Gasteiger charge is -2.06. The summed E-state index contributed by atoms with van der Waals surface area (Å²) in [4.78, 5) is 12.0. The maximum absolute atomic E-state index is 12.0. The highest BCUT2D eigenvalue weighted by molar-refractivity contribution is 9.10. The van der Waals surface area contributed by atoms with Crippen molar-refractivity contribution in [2.45, 2.75) is 26.4 Å². The van der Waals surface area contributed by atoms with E-state index in [1.165, 1.54) is 0 Å². The Hall–Kier alpha value is -2.08. The fourth-order valence-electron chi connectivity index (χ4n) is 2.37. The van der Waals surface area contributed by atoms with Crippen molar-refractivity contribution < 1.29 is 9.21 Å². The zero-order chi connectivity index (χ0) is 15.7. The molecule has 1 N–H and O–H groups in total. The first-order valence-corrected chi connectivity index (χ1v) is 7.85. The van der Waals surface area contributed by atoms with Gasteiger partial charge in [-0.3, -0.25) is 9.48 Å². The van der Waals surface area contributed by atoms with Crippen molar-refractivity contribution in [2.75, 3.05) is 0 Å². The third kappa shape index (κ3) is 2.78. The molecule has 0 saturated heterocycles. The summed E-state index contributed by atoms with van der Waals surface area (Å²) in [6.07, 6.45) is 0. The van der Waals surface area contributed by atoms with E-state index in [9.17, 15) is 4.79 Å². The predicted octanol–water partition coefficient (Wildman–Crippen LogP) is 3.90. The van der Waals surface area contributed by atoms with Gasteiger partial charge in [0.15, 0.2) is 10.4 Å². The highest BCUT2D eigenvalue weighted by atomic mass is 79.9. The molecule has 3 aromatic rings. The Balaban J connectivity index is 1.83. The van der Waals surface area contributed by atoms with Crippen LogP contribution in [0.1, 0.15) is 36.1 Å². The summed E-state index contributed by atoms with van der Waals surface area (Å²) in [7, 11) is 0. The molecular formula is C16H16BrN3O2. The van der Waals surface area contributed by atoms with Crippen molar-refractivity contribution in [1.82, 2.24) is 15.1 Å². The van der Waals surface area contributed by atoms with Gasteiger partial charge in [0, 0.05) is 11.4 Å². The van der Waals surface area contributed by atoms with Gasteiger partial charge in [-0.1, -0.05) is 18.2 Å². The van der Waals surface area contributed by atoms with Crippen LogP contribution in [0, 0.1) is 0 Å². The summed E-state index contributed by atoms with van der Waals surface area (Å²) >= 11 is 3.19. The predicted molar refractivity (Wildman–Crippen MR) is 87.7 cm³/mol. The minimum absolute atomic E-state index is 0.256. The van der Waals surface area contributed by atoms with Crippen molar-refractivity contribution in [2.24, 2.45) is 0 Å². The quantitative estimate of drug-likeness (QED) is 0.766. The van der Waals surface area contributed by atoms with Gasteiger partial charge in [0.25, 0.3) is 5.91 Å². The number of carbonyl (C=O) groups excluding carboxylic acids is 1. The maximum atomic E-state index is 12.0. The van der Waals surface area contributed by atoms with Crippen molar-refractivity contribution >= 4 is 32.7 Å². The topological polar surface area (TPSA) is 60.1 Å². The standard InChI is InChI=1S/C16H16BrN3O2/c1-10(2)20-13-6-4-3-5-11(13)12(19-20)9-18-16(21)14-7-8-15(17)22-14/h3-8,10H,9H2,1-2H3,(H,18,21). The fraction of sp³-hybridized carbons (Fsp3) is 0.250. The molecule has 0 aliphatic rings. The van der Waals surface area contributed by atoms with Crippen molar-refractivity contribution in [3.05, 3.63) is 52.5 Å². The Kier molecular flexibility index (Phi) is 4.02. The highest BCUT2D eigenvalue weighted by Crippen LogP contribution is 2.21. The molecule has 2 aromatic heterocycles. The summed E-state index contributed by atoms with van der Waals surface area (Å²) in [6, 6.07) is 11.6. The van der Waals surface area contributed by atoms with Crippen molar-refractivity contribution in [3.63, 3.8) is 0 Å². The molecule has 6 heteroatoms. The van der Waals surface area contributed by atoms with E-state index in [1.807, 2.05) is 28.9 Å². The van der Waals surface area contributed by atoms with E-state index in [4.69, 9.17) is 4.42 Å². The van der Waals surface area contributed by atoms with Crippen LogP contribution < -0.4 is 5.32 Å². The van der Waals surface area contributed by atoms with Crippen molar-refractivity contribution in [1.29, 1.82) is 0 Å². The van der Waals surface area contributed by atoms with Gasteiger partial charge in [0.05, 0.1) is 17.8 Å². The van der Waals surface area contributed by atoms with Gasteiger partial charge >= 0.3 is 0 Å². The van der Waals surface area contributed by atoms with Crippen LogP contribution in [0.4, 0.5) is 0 Å². The summed E-state index contributed by atoms with van der Waals surface area (Å²) < 4.78 is 7.75. The first-order valence-electron chi connectivity index (χ1n) is 7.06. The van der Waals surface area contributed by atoms with Crippen LogP contribution in [0.2, 0.25) is 0 Å². The zero-order valence-corrected chi connectivity index (χ0v) is 13.9.